The van der Waals surface area contributed by atoms with Crippen molar-refractivity contribution in [3.05, 3.63) is 47.5 Å². The third-order valence-corrected chi connectivity index (χ3v) is 3.45. The Labute approximate surface area is 108 Å². The second kappa shape index (κ2) is 6.20. The van der Waals surface area contributed by atoms with E-state index in [0.29, 0.717) is 6.04 Å². The van der Waals surface area contributed by atoms with E-state index in [9.17, 15) is 0 Å². The van der Waals surface area contributed by atoms with Crippen molar-refractivity contribution in [2.24, 2.45) is 0 Å². The SMILES string of the molecule is C=CC[C@H](c1cccc(Cl)c1)N1CCNCC1. The van der Waals surface area contributed by atoms with Crippen LogP contribution in [0.1, 0.15) is 18.0 Å². The lowest BCUT2D eigenvalue weighted by molar-refractivity contribution is 0.174. The zero-order chi connectivity index (χ0) is 12.1. The first-order valence-corrected chi connectivity index (χ1v) is 6.50. The highest BCUT2D eigenvalue weighted by molar-refractivity contribution is 6.30. The predicted molar refractivity (Wildman–Crippen MR) is 73.4 cm³/mol. The van der Waals surface area contributed by atoms with Crippen LogP contribution in [0.4, 0.5) is 0 Å². The first-order valence-electron chi connectivity index (χ1n) is 6.12. The van der Waals surface area contributed by atoms with Crippen LogP contribution in [0.15, 0.2) is 36.9 Å². The lowest BCUT2D eigenvalue weighted by atomic mass is 10.0. The predicted octanol–water partition coefficient (Wildman–Crippen LogP) is 2.86. The van der Waals surface area contributed by atoms with Crippen molar-refractivity contribution < 1.29 is 0 Å². The molecular weight excluding hydrogens is 232 g/mol. The van der Waals surface area contributed by atoms with Crippen LogP contribution in [0, 0.1) is 0 Å². The highest BCUT2D eigenvalue weighted by atomic mass is 35.5. The van der Waals surface area contributed by atoms with E-state index < -0.39 is 0 Å². The molecular formula is C14H19ClN2. The number of rotatable bonds is 4. The number of nitrogens with zero attached hydrogens (tertiary/aromatic N) is 1. The molecule has 1 fully saturated rings. The molecule has 0 spiro atoms. The van der Waals surface area contributed by atoms with Gasteiger partial charge in [0.05, 0.1) is 0 Å². The third-order valence-electron chi connectivity index (χ3n) is 3.22. The molecule has 0 bridgehead atoms. The smallest absolute Gasteiger partial charge is 0.0409 e. The van der Waals surface area contributed by atoms with E-state index in [1.54, 1.807) is 0 Å². The van der Waals surface area contributed by atoms with E-state index in [-0.39, 0.29) is 0 Å². The van der Waals surface area contributed by atoms with Crippen LogP contribution < -0.4 is 5.32 Å². The summed E-state index contributed by atoms with van der Waals surface area (Å²) >= 11 is 6.07. The minimum atomic E-state index is 0.410. The third kappa shape index (κ3) is 3.32. The monoisotopic (exact) mass is 250 g/mol. The van der Waals surface area contributed by atoms with Gasteiger partial charge in [0.25, 0.3) is 0 Å². The highest BCUT2D eigenvalue weighted by Gasteiger charge is 2.20. The maximum Gasteiger partial charge on any atom is 0.0409 e. The summed E-state index contributed by atoms with van der Waals surface area (Å²) in [4.78, 5) is 2.50. The maximum atomic E-state index is 6.07. The van der Waals surface area contributed by atoms with Crippen LogP contribution in [-0.4, -0.2) is 31.1 Å². The zero-order valence-corrected chi connectivity index (χ0v) is 10.8. The molecule has 1 N–H and O–H groups in total. The quantitative estimate of drug-likeness (QED) is 0.827. The number of benzene rings is 1. The highest BCUT2D eigenvalue weighted by Crippen LogP contribution is 2.26. The molecule has 0 radical (unpaired) electrons. The second-order valence-electron chi connectivity index (χ2n) is 4.38. The Bertz CT molecular complexity index is 372. The molecule has 0 aromatic heterocycles. The molecule has 1 aromatic rings. The maximum absolute atomic E-state index is 6.07. The van der Waals surface area contributed by atoms with Gasteiger partial charge in [-0.15, -0.1) is 6.58 Å². The molecule has 0 amide bonds. The second-order valence-corrected chi connectivity index (χ2v) is 4.82. The van der Waals surface area contributed by atoms with Gasteiger partial charge in [-0.05, 0) is 24.1 Å². The zero-order valence-electron chi connectivity index (χ0n) is 10.0. The molecule has 17 heavy (non-hydrogen) atoms. The van der Waals surface area contributed by atoms with Crippen molar-refractivity contribution in [3.63, 3.8) is 0 Å². The summed E-state index contributed by atoms with van der Waals surface area (Å²) in [5.74, 6) is 0. The van der Waals surface area contributed by atoms with Crippen LogP contribution in [0.3, 0.4) is 0 Å². The largest absolute Gasteiger partial charge is 0.314 e. The summed E-state index contributed by atoms with van der Waals surface area (Å²) in [6.45, 7) is 8.17. The van der Waals surface area contributed by atoms with Crippen molar-refractivity contribution >= 4 is 11.6 Å². The molecule has 3 heteroatoms. The van der Waals surface area contributed by atoms with Crippen molar-refractivity contribution in [3.8, 4) is 0 Å². The lowest BCUT2D eigenvalue weighted by Crippen LogP contribution is -2.45. The number of halogens is 1. The standard InChI is InChI=1S/C14H19ClN2/c1-2-4-14(17-9-7-16-8-10-17)12-5-3-6-13(15)11-12/h2-3,5-6,11,14,16H,1,4,7-10H2/t14-/m1/s1. The van der Waals surface area contributed by atoms with E-state index in [4.69, 9.17) is 11.6 Å². The number of hydrogen-bond donors (Lipinski definition) is 1. The van der Waals surface area contributed by atoms with Crippen LogP contribution in [0.25, 0.3) is 0 Å². The van der Waals surface area contributed by atoms with Gasteiger partial charge in [-0.2, -0.15) is 0 Å². The van der Waals surface area contributed by atoms with Gasteiger partial charge in [-0.25, -0.2) is 0 Å². The molecule has 1 atom stereocenters. The fraction of sp³-hybridized carbons (Fsp3) is 0.429. The Morgan fingerprint density at radius 3 is 2.82 bits per heavy atom. The molecule has 1 aliphatic rings. The van der Waals surface area contributed by atoms with Crippen LogP contribution in [0.5, 0.6) is 0 Å². The van der Waals surface area contributed by atoms with Gasteiger partial charge in [0.15, 0.2) is 0 Å². The van der Waals surface area contributed by atoms with Gasteiger partial charge >= 0.3 is 0 Å². The van der Waals surface area contributed by atoms with Gasteiger partial charge < -0.3 is 5.32 Å². The van der Waals surface area contributed by atoms with Crippen molar-refractivity contribution in [2.45, 2.75) is 12.5 Å². The number of piperazine rings is 1. The average Bonchev–Trinajstić information content (AvgIpc) is 2.37. The Kier molecular flexibility index (Phi) is 4.60. The van der Waals surface area contributed by atoms with E-state index in [2.05, 4.69) is 28.9 Å². The lowest BCUT2D eigenvalue weighted by Gasteiger charge is -2.34. The molecule has 0 unspecified atom stereocenters. The topological polar surface area (TPSA) is 15.3 Å². The average molecular weight is 251 g/mol. The van der Waals surface area contributed by atoms with Crippen molar-refractivity contribution in [1.29, 1.82) is 0 Å². The summed E-state index contributed by atoms with van der Waals surface area (Å²) in [7, 11) is 0. The molecule has 92 valence electrons. The van der Waals surface area contributed by atoms with E-state index in [1.807, 2.05) is 18.2 Å². The first-order chi connectivity index (χ1) is 8.31. The Hall–Kier alpha value is -0.830. The molecule has 2 rings (SSSR count). The van der Waals surface area contributed by atoms with E-state index >= 15 is 0 Å². The van der Waals surface area contributed by atoms with Crippen molar-refractivity contribution in [2.75, 3.05) is 26.2 Å². The Balaban J connectivity index is 2.18. The first kappa shape index (κ1) is 12.6. The fourth-order valence-electron chi connectivity index (χ4n) is 2.36. The minimum absolute atomic E-state index is 0.410. The summed E-state index contributed by atoms with van der Waals surface area (Å²) in [5.41, 5.74) is 1.29. The van der Waals surface area contributed by atoms with Gasteiger partial charge in [0.2, 0.25) is 0 Å². The molecule has 2 nitrogen and oxygen atoms in total. The van der Waals surface area contributed by atoms with Crippen molar-refractivity contribution in [1.82, 2.24) is 10.2 Å². The summed E-state index contributed by atoms with van der Waals surface area (Å²) in [6, 6.07) is 8.58. The van der Waals surface area contributed by atoms with Gasteiger partial charge in [-0.3, -0.25) is 4.90 Å². The molecule has 1 heterocycles. The van der Waals surface area contributed by atoms with E-state index in [0.717, 1.165) is 37.6 Å². The summed E-state index contributed by atoms with van der Waals surface area (Å²) in [6.07, 6.45) is 2.97. The Morgan fingerprint density at radius 2 is 2.18 bits per heavy atom. The summed E-state index contributed by atoms with van der Waals surface area (Å²) < 4.78 is 0. The fourth-order valence-corrected chi connectivity index (χ4v) is 2.56. The number of hydrogen-bond acceptors (Lipinski definition) is 2. The molecule has 1 saturated heterocycles. The van der Waals surface area contributed by atoms with E-state index in [1.165, 1.54) is 5.56 Å². The summed E-state index contributed by atoms with van der Waals surface area (Å²) in [5, 5.41) is 4.19. The minimum Gasteiger partial charge on any atom is -0.314 e. The van der Waals surface area contributed by atoms with Crippen LogP contribution in [0.2, 0.25) is 5.02 Å². The molecule has 1 aromatic carbocycles. The van der Waals surface area contributed by atoms with Crippen LogP contribution in [-0.2, 0) is 0 Å². The molecule has 1 aliphatic heterocycles. The number of nitrogens with one attached hydrogen (secondary N) is 1. The normalized spacial score (nSPS) is 18.9. The van der Waals surface area contributed by atoms with Gasteiger partial charge in [0.1, 0.15) is 0 Å². The molecule has 0 aliphatic carbocycles. The molecule has 0 saturated carbocycles. The van der Waals surface area contributed by atoms with Gasteiger partial charge in [0, 0.05) is 37.2 Å². The van der Waals surface area contributed by atoms with Crippen LogP contribution >= 0.6 is 11.6 Å². The Morgan fingerprint density at radius 1 is 1.41 bits per heavy atom. The van der Waals surface area contributed by atoms with Gasteiger partial charge in [-0.1, -0.05) is 29.8 Å².